The molecule has 3 aliphatic rings. The van der Waals surface area contributed by atoms with Crippen LogP contribution in [0.3, 0.4) is 0 Å². The third-order valence-electron chi connectivity index (χ3n) is 8.96. The van der Waals surface area contributed by atoms with E-state index in [1.54, 1.807) is 31.4 Å². The smallest absolute Gasteiger partial charge is 0.415 e. The highest BCUT2D eigenvalue weighted by Crippen LogP contribution is 2.37. The van der Waals surface area contributed by atoms with Gasteiger partial charge in [0.05, 0.1) is 18.3 Å². The second-order valence-electron chi connectivity index (χ2n) is 12.9. The van der Waals surface area contributed by atoms with Crippen molar-refractivity contribution in [2.45, 2.75) is 64.6 Å². The van der Waals surface area contributed by atoms with Crippen molar-refractivity contribution in [2.24, 2.45) is 5.92 Å². The van der Waals surface area contributed by atoms with E-state index in [2.05, 4.69) is 14.6 Å². The zero-order chi connectivity index (χ0) is 36.9. The molecule has 2 aromatic heterocycles. The highest BCUT2D eigenvalue weighted by molar-refractivity contribution is 7.12. The Morgan fingerprint density at radius 2 is 1.75 bits per heavy atom. The number of aromatic nitrogens is 1. The number of hydrogen-bond acceptors (Lipinski definition) is 8. The summed E-state index contributed by atoms with van der Waals surface area (Å²) >= 11 is 14.0. The summed E-state index contributed by atoms with van der Waals surface area (Å²) in [5.74, 6) is -1.19. The average molecular weight is 780 g/mol. The molecule has 3 fully saturated rings. The molecular formula is C37H37Cl2F3N3O6S+. The zero-order valence-electron chi connectivity index (χ0n) is 28.3. The Balaban J connectivity index is 1.25. The molecule has 2 bridgehead atoms. The summed E-state index contributed by atoms with van der Waals surface area (Å²) in [5, 5.41) is 2.27. The molecule has 0 unspecified atom stereocenters. The van der Waals surface area contributed by atoms with E-state index in [4.69, 9.17) is 37.4 Å². The maximum Gasteiger partial charge on any atom is 0.415 e. The van der Waals surface area contributed by atoms with E-state index in [1.807, 2.05) is 0 Å². The van der Waals surface area contributed by atoms with Crippen molar-refractivity contribution in [3.8, 4) is 11.5 Å². The fraction of sp³-hybridized carbons (Fsp3) is 0.378. The number of thiophene rings is 1. The summed E-state index contributed by atoms with van der Waals surface area (Å²) in [6, 6.07) is 11.8. The van der Waals surface area contributed by atoms with Crippen LogP contribution in [0.2, 0.25) is 10.0 Å². The molecule has 4 aromatic rings. The quantitative estimate of drug-likeness (QED) is 0.125. The van der Waals surface area contributed by atoms with Crippen molar-refractivity contribution in [1.82, 2.24) is 4.90 Å². The van der Waals surface area contributed by atoms with Gasteiger partial charge in [0.1, 0.15) is 32.9 Å². The minimum atomic E-state index is -3.09. The topological polar surface area (TPSA) is 91.7 Å². The monoisotopic (exact) mass is 778 g/mol. The van der Waals surface area contributed by atoms with Crippen LogP contribution in [0.4, 0.5) is 23.7 Å². The molecule has 5 heterocycles. The van der Waals surface area contributed by atoms with Crippen LogP contribution in [0.1, 0.15) is 59.2 Å². The predicted octanol–water partition coefficient (Wildman–Crippen LogP) is 8.77. The summed E-state index contributed by atoms with van der Waals surface area (Å²) in [5.41, 5.74) is 1.49. The van der Waals surface area contributed by atoms with Gasteiger partial charge in [0.15, 0.2) is 23.9 Å². The predicted molar refractivity (Wildman–Crippen MR) is 190 cm³/mol. The zero-order valence-corrected chi connectivity index (χ0v) is 30.7. The largest absolute Gasteiger partial charge is 0.487 e. The van der Waals surface area contributed by atoms with Gasteiger partial charge in [-0.2, -0.15) is 8.78 Å². The van der Waals surface area contributed by atoms with Gasteiger partial charge < -0.3 is 18.9 Å². The van der Waals surface area contributed by atoms with E-state index < -0.39 is 30.6 Å². The molecule has 52 heavy (non-hydrogen) atoms. The van der Waals surface area contributed by atoms with Crippen molar-refractivity contribution >= 4 is 52.3 Å². The Bertz CT molecular complexity index is 1870. The Kier molecular flexibility index (Phi) is 12.1. The molecule has 3 saturated heterocycles. The standard InChI is InChI=1S/C37H36Cl2F3N3O6S/c1-21(2)48-32-14-24(7-8-30(32)50-36(41)42)31(15-25-26(38)16-43-17-27(25)39)49-35(46)34-13-22(20-52-34)18-45(29-6-4-3-5-28(29)40)37(47)51-33-19-44-11-9-23(33)10-12-44/h3-8,13-14,16-17,20-21,23,31,33,36H,9-12,15,18-19H2,1-2H3/p+1/t31-,33-/m0/s1. The first-order valence-electron chi connectivity index (χ1n) is 16.8. The van der Waals surface area contributed by atoms with E-state index in [0.29, 0.717) is 33.3 Å². The number of nitrogens with zero attached hydrogens (tertiary/aromatic N) is 2. The third kappa shape index (κ3) is 9.11. The molecule has 2 atom stereocenters. The SMILES string of the molecule is CC(C)Oc1cc([C@H](Cc2c(Cl)c[nH+]cc2Cl)OC(=O)c2cc(CN(C(=O)O[C@H]3CN4CCC3CC4)c3ccccc3F)cs2)ccc1OC(F)F. The fourth-order valence-corrected chi connectivity index (χ4v) is 7.76. The maximum atomic E-state index is 15.1. The number of anilines is 1. The first kappa shape index (κ1) is 37.7. The number of ether oxygens (including phenoxy) is 4. The van der Waals surface area contributed by atoms with Gasteiger partial charge >= 0.3 is 18.7 Å². The van der Waals surface area contributed by atoms with E-state index in [1.165, 1.54) is 53.7 Å². The number of H-pyrrole nitrogens is 1. The number of benzene rings is 2. The first-order valence-corrected chi connectivity index (χ1v) is 18.4. The van der Waals surface area contributed by atoms with Crippen LogP contribution in [0.5, 0.6) is 11.5 Å². The molecule has 3 aliphatic heterocycles. The number of rotatable bonds is 13. The molecule has 7 rings (SSSR count). The summed E-state index contributed by atoms with van der Waals surface area (Å²) in [6.07, 6.45) is 2.62. The molecule has 2 aromatic carbocycles. The lowest BCUT2D eigenvalue weighted by Gasteiger charge is -2.44. The molecule has 1 amide bonds. The summed E-state index contributed by atoms with van der Waals surface area (Å²) in [6.45, 7) is 2.89. The number of fused-ring (bicyclic) bond motifs is 3. The van der Waals surface area contributed by atoms with Crippen molar-refractivity contribution < 1.29 is 46.7 Å². The van der Waals surface area contributed by atoms with Crippen molar-refractivity contribution in [3.05, 3.63) is 104 Å². The number of amides is 1. The van der Waals surface area contributed by atoms with E-state index >= 15 is 4.39 Å². The number of alkyl halides is 2. The van der Waals surface area contributed by atoms with Gasteiger partial charge in [0.2, 0.25) is 0 Å². The molecule has 1 N–H and O–H groups in total. The second kappa shape index (κ2) is 16.7. The first-order chi connectivity index (χ1) is 24.9. The van der Waals surface area contributed by atoms with Crippen LogP contribution in [-0.4, -0.2) is 55.4 Å². The lowest BCUT2D eigenvalue weighted by Crippen LogP contribution is -2.53. The van der Waals surface area contributed by atoms with Gasteiger partial charge in [0, 0.05) is 18.5 Å². The third-order valence-corrected chi connectivity index (χ3v) is 10.6. The highest BCUT2D eigenvalue weighted by atomic mass is 35.5. The van der Waals surface area contributed by atoms with Crippen molar-refractivity contribution in [3.63, 3.8) is 0 Å². The maximum absolute atomic E-state index is 15.1. The molecular weight excluding hydrogens is 742 g/mol. The number of nitrogens with one attached hydrogen (secondary N) is 1. The average Bonchev–Trinajstić information content (AvgIpc) is 3.58. The second-order valence-corrected chi connectivity index (χ2v) is 14.6. The number of carbonyl (C=O) groups is 2. The molecule has 9 nitrogen and oxygen atoms in total. The van der Waals surface area contributed by atoms with Crippen molar-refractivity contribution in [2.75, 3.05) is 24.5 Å². The minimum absolute atomic E-state index is 0.0268. The molecule has 0 radical (unpaired) electrons. The van der Waals surface area contributed by atoms with Crippen molar-refractivity contribution in [1.29, 1.82) is 0 Å². The Hall–Kier alpha value is -4.04. The lowest BCUT2D eigenvalue weighted by molar-refractivity contribution is -0.377. The van der Waals surface area contributed by atoms with Gasteiger partial charge in [-0.3, -0.25) is 9.80 Å². The number of halogens is 5. The fourth-order valence-electron chi connectivity index (χ4n) is 6.44. The molecule has 276 valence electrons. The van der Waals surface area contributed by atoms with Gasteiger partial charge in [-0.05, 0) is 92.5 Å². The number of piperidine rings is 3. The molecule has 0 aliphatic carbocycles. The summed E-state index contributed by atoms with van der Waals surface area (Å²) in [7, 11) is 0. The van der Waals surface area contributed by atoms with Gasteiger partial charge in [-0.15, -0.1) is 11.3 Å². The van der Waals surface area contributed by atoms with Crippen LogP contribution >= 0.6 is 34.5 Å². The van der Waals surface area contributed by atoms with Crippen LogP contribution < -0.4 is 19.4 Å². The Morgan fingerprint density at radius 3 is 2.40 bits per heavy atom. The van der Waals surface area contributed by atoms with Crippen LogP contribution in [0.15, 0.2) is 66.3 Å². The Labute approximate surface area is 313 Å². The Morgan fingerprint density at radius 1 is 1.02 bits per heavy atom. The number of aromatic amines is 1. The molecule has 0 saturated carbocycles. The van der Waals surface area contributed by atoms with E-state index in [9.17, 15) is 18.4 Å². The lowest BCUT2D eigenvalue weighted by atomic mass is 9.86. The van der Waals surface area contributed by atoms with Crippen LogP contribution in [0, 0.1) is 11.7 Å². The van der Waals surface area contributed by atoms with E-state index in [0.717, 1.165) is 37.3 Å². The number of hydrogen-bond donors (Lipinski definition) is 0. The number of para-hydroxylation sites is 1. The summed E-state index contributed by atoms with van der Waals surface area (Å²) in [4.78, 5) is 33.9. The molecule has 0 spiro atoms. The minimum Gasteiger partial charge on any atom is -0.487 e. The van der Waals surface area contributed by atoms with E-state index in [-0.39, 0.29) is 53.2 Å². The number of esters is 1. The van der Waals surface area contributed by atoms with Crippen LogP contribution in [0.25, 0.3) is 0 Å². The highest BCUT2D eigenvalue weighted by Gasteiger charge is 2.38. The number of pyridine rings is 1. The summed E-state index contributed by atoms with van der Waals surface area (Å²) < 4.78 is 63.9. The van der Waals surface area contributed by atoms with Crippen LogP contribution in [-0.2, 0) is 22.4 Å². The van der Waals surface area contributed by atoms with Gasteiger partial charge in [-0.25, -0.2) is 19.0 Å². The normalized spacial score (nSPS) is 18.7. The number of carbonyl (C=O) groups excluding carboxylic acids is 2. The van der Waals surface area contributed by atoms with Gasteiger partial charge in [0.25, 0.3) is 0 Å². The molecule has 15 heteroatoms. The van der Waals surface area contributed by atoms with Gasteiger partial charge in [-0.1, -0.05) is 41.4 Å².